The molecule has 1 amide bonds. The summed E-state index contributed by atoms with van der Waals surface area (Å²) in [6.45, 7) is 7.70. The van der Waals surface area contributed by atoms with Crippen LogP contribution in [0.25, 0.3) is 0 Å². The molecule has 1 aliphatic heterocycles. The third-order valence-corrected chi connectivity index (χ3v) is 3.84. The zero-order chi connectivity index (χ0) is 17.7. The van der Waals surface area contributed by atoms with Gasteiger partial charge in [-0.3, -0.25) is 0 Å². The van der Waals surface area contributed by atoms with E-state index in [9.17, 15) is 4.79 Å². The molecule has 1 aromatic rings. The van der Waals surface area contributed by atoms with Crippen molar-refractivity contribution < 1.29 is 19.0 Å². The standard InChI is InChI=1S/C18H28N2O4/c1-18(2,3)24-17(21)20-9-8-19-14(12-20)10-13-6-7-15(22-4)16(11-13)23-5/h6-7,11,14,19H,8-10,12H2,1-5H3. The molecular formula is C18H28N2O4. The van der Waals surface area contributed by atoms with Gasteiger partial charge in [-0.05, 0) is 44.9 Å². The molecule has 1 N–H and O–H groups in total. The summed E-state index contributed by atoms with van der Waals surface area (Å²) in [5.74, 6) is 1.43. The summed E-state index contributed by atoms with van der Waals surface area (Å²) in [5.41, 5.74) is 0.664. The van der Waals surface area contributed by atoms with Crippen LogP contribution in [-0.4, -0.2) is 56.5 Å². The topological polar surface area (TPSA) is 60.0 Å². The van der Waals surface area contributed by atoms with Crippen LogP contribution in [0.1, 0.15) is 26.3 Å². The zero-order valence-corrected chi connectivity index (χ0v) is 15.2. The van der Waals surface area contributed by atoms with Crippen LogP contribution in [0.3, 0.4) is 0 Å². The van der Waals surface area contributed by atoms with Crippen molar-refractivity contribution in [1.29, 1.82) is 0 Å². The Bertz CT molecular complexity index is 569. The van der Waals surface area contributed by atoms with Crippen LogP contribution in [0.15, 0.2) is 18.2 Å². The molecule has 1 saturated heterocycles. The molecular weight excluding hydrogens is 308 g/mol. The van der Waals surface area contributed by atoms with E-state index in [1.54, 1.807) is 19.1 Å². The number of hydrogen-bond donors (Lipinski definition) is 1. The molecule has 0 radical (unpaired) electrons. The van der Waals surface area contributed by atoms with Crippen LogP contribution < -0.4 is 14.8 Å². The number of ether oxygens (including phenoxy) is 3. The van der Waals surface area contributed by atoms with Crippen LogP contribution in [0.5, 0.6) is 11.5 Å². The maximum atomic E-state index is 12.2. The Morgan fingerprint density at radius 2 is 1.96 bits per heavy atom. The molecule has 24 heavy (non-hydrogen) atoms. The van der Waals surface area contributed by atoms with E-state index in [-0.39, 0.29) is 12.1 Å². The number of nitrogens with zero attached hydrogens (tertiary/aromatic N) is 1. The van der Waals surface area contributed by atoms with E-state index in [0.29, 0.717) is 18.8 Å². The number of nitrogens with one attached hydrogen (secondary N) is 1. The number of carbonyl (C=O) groups is 1. The van der Waals surface area contributed by atoms with Crippen molar-refractivity contribution in [2.24, 2.45) is 0 Å². The normalized spacial score (nSPS) is 18.2. The van der Waals surface area contributed by atoms with Gasteiger partial charge in [0.25, 0.3) is 0 Å². The van der Waals surface area contributed by atoms with Crippen molar-refractivity contribution in [3.63, 3.8) is 0 Å². The fourth-order valence-corrected chi connectivity index (χ4v) is 2.75. The van der Waals surface area contributed by atoms with E-state index in [1.165, 1.54) is 0 Å². The number of methoxy groups -OCH3 is 2. The predicted octanol–water partition coefficient (Wildman–Crippen LogP) is 2.46. The molecule has 2 rings (SSSR count). The molecule has 1 heterocycles. The molecule has 1 aliphatic rings. The van der Waals surface area contributed by atoms with Crippen molar-refractivity contribution in [2.45, 2.75) is 38.8 Å². The van der Waals surface area contributed by atoms with Crippen LogP contribution >= 0.6 is 0 Å². The highest BCUT2D eigenvalue weighted by Gasteiger charge is 2.27. The molecule has 1 fully saturated rings. The number of amides is 1. The van der Waals surface area contributed by atoms with Crippen LogP contribution in [0.2, 0.25) is 0 Å². The Labute approximate surface area is 144 Å². The van der Waals surface area contributed by atoms with E-state index in [0.717, 1.165) is 24.3 Å². The average Bonchev–Trinajstić information content (AvgIpc) is 2.53. The Hall–Kier alpha value is -1.95. The van der Waals surface area contributed by atoms with Gasteiger partial charge in [0.05, 0.1) is 14.2 Å². The number of carbonyl (C=O) groups excluding carboxylic acids is 1. The molecule has 6 nitrogen and oxygen atoms in total. The highest BCUT2D eigenvalue weighted by atomic mass is 16.6. The summed E-state index contributed by atoms with van der Waals surface area (Å²) in [6, 6.07) is 6.09. The van der Waals surface area contributed by atoms with Crippen molar-refractivity contribution >= 4 is 6.09 Å². The van der Waals surface area contributed by atoms with E-state index in [1.807, 2.05) is 39.0 Å². The summed E-state index contributed by atoms with van der Waals surface area (Å²) in [6.07, 6.45) is 0.556. The quantitative estimate of drug-likeness (QED) is 0.915. The van der Waals surface area contributed by atoms with Crippen molar-refractivity contribution in [3.8, 4) is 11.5 Å². The van der Waals surface area contributed by atoms with Gasteiger partial charge in [-0.1, -0.05) is 6.07 Å². The molecule has 134 valence electrons. The minimum absolute atomic E-state index is 0.185. The summed E-state index contributed by atoms with van der Waals surface area (Å²) in [5, 5.41) is 3.46. The molecule has 0 saturated carbocycles. The van der Waals surface area contributed by atoms with Gasteiger partial charge < -0.3 is 24.4 Å². The second kappa shape index (κ2) is 7.75. The molecule has 0 bridgehead atoms. The maximum Gasteiger partial charge on any atom is 0.410 e. The predicted molar refractivity (Wildman–Crippen MR) is 92.8 cm³/mol. The van der Waals surface area contributed by atoms with Gasteiger partial charge >= 0.3 is 6.09 Å². The third-order valence-electron chi connectivity index (χ3n) is 3.84. The monoisotopic (exact) mass is 336 g/mol. The van der Waals surface area contributed by atoms with Crippen molar-refractivity contribution in [3.05, 3.63) is 23.8 Å². The van der Waals surface area contributed by atoms with Crippen LogP contribution in [-0.2, 0) is 11.2 Å². The molecule has 0 aliphatic carbocycles. The third kappa shape index (κ3) is 5.03. The molecule has 1 atom stereocenters. The number of piperazine rings is 1. The Balaban J connectivity index is 1.99. The minimum Gasteiger partial charge on any atom is -0.493 e. The number of benzene rings is 1. The lowest BCUT2D eigenvalue weighted by Gasteiger charge is -2.35. The first kappa shape index (κ1) is 18.4. The lowest BCUT2D eigenvalue weighted by molar-refractivity contribution is 0.0195. The number of rotatable bonds is 4. The Morgan fingerprint density at radius 3 is 2.58 bits per heavy atom. The Morgan fingerprint density at radius 1 is 1.25 bits per heavy atom. The van der Waals surface area contributed by atoms with E-state index >= 15 is 0 Å². The molecule has 0 spiro atoms. The summed E-state index contributed by atoms with van der Waals surface area (Å²) in [7, 11) is 3.25. The van der Waals surface area contributed by atoms with E-state index < -0.39 is 5.60 Å². The first-order valence-corrected chi connectivity index (χ1v) is 8.24. The summed E-state index contributed by atoms with van der Waals surface area (Å²) >= 11 is 0. The fraction of sp³-hybridized carbons (Fsp3) is 0.611. The second-order valence-electron chi connectivity index (χ2n) is 6.97. The molecule has 0 aromatic heterocycles. The largest absolute Gasteiger partial charge is 0.493 e. The highest BCUT2D eigenvalue weighted by molar-refractivity contribution is 5.68. The van der Waals surface area contributed by atoms with Gasteiger partial charge in [0.15, 0.2) is 11.5 Å². The smallest absolute Gasteiger partial charge is 0.410 e. The van der Waals surface area contributed by atoms with E-state index in [2.05, 4.69) is 5.32 Å². The van der Waals surface area contributed by atoms with Crippen LogP contribution in [0, 0.1) is 0 Å². The van der Waals surface area contributed by atoms with Gasteiger partial charge in [-0.2, -0.15) is 0 Å². The highest BCUT2D eigenvalue weighted by Crippen LogP contribution is 2.28. The van der Waals surface area contributed by atoms with Gasteiger partial charge in [-0.15, -0.1) is 0 Å². The van der Waals surface area contributed by atoms with Gasteiger partial charge in [0.1, 0.15) is 5.60 Å². The number of hydrogen-bond acceptors (Lipinski definition) is 5. The van der Waals surface area contributed by atoms with Crippen LogP contribution in [0.4, 0.5) is 4.79 Å². The first-order valence-electron chi connectivity index (χ1n) is 8.24. The van der Waals surface area contributed by atoms with E-state index in [4.69, 9.17) is 14.2 Å². The van der Waals surface area contributed by atoms with Crippen molar-refractivity contribution in [2.75, 3.05) is 33.9 Å². The van der Waals surface area contributed by atoms with Gasteiger partial charge in [0.2, 0.25) is 0 Å². The first-order chi connectivity index (χ1) is 11.3. The molecule has 1 aromatic carbocycles. The van der Waals surface area contributed by atoms with Gasteiger partial charge in [0, 0.05) is 25.7 Å². The molecule has 6 heteroatoms. The maximum absolute atomic E-state index is 12.2. The summed E-state index contributed by atoms with van der Waals surface area (Å²) in [4.78, 5) is 14.0. The SMILES string of the molecule is COc1ccc(CC2CN(C(=O)OC(C)(C)C)CCN2)cc1OC. The summed E-state index contributed by atoms with van der Waals surface area (Å²) < 4.78 is 16.1. The lowest BCUT2D eigenvalue weighted by atomic mass is 10.0. The van der Waals surface area contributed by atoms with Crippen molar-refractivity contribution in [1.82, 2.24) is 10.2 Å². The Kier molecular flexibility index (Phi) is 5.94. The molecule has 1 unspecified atom stereocenters. The average molecular weight is 336 g/mol. The zero-order valence-electron chi connectivity index (χ0n) is 15.2. The fourth-order valence-electron chi connectivity index (χ4n) is 2.75. The van der Waals surface area contributed by atoms with Gasteiger partial charge in [-0.25, -0.2) is 4.79 Å². The lowest BCUT2D eigenvalue weighted by Crippen LogP contribution is -2.54. The second-order valence-corrected chi connectivity index (χ2v) is 6.97. The minimum atomic E-state index is -0.471.